The first-order chi connectivity index (χ1) is 18.7. The van der Waals surface area contributed by atoms with E-state index >= 15 is 0 Å². The Balaban J connectivity index is 1.54. The van der Waals surface area contributed by atoms with Gasteiger partial charge in [0.2, 0.25) is 0 Å². The molecule has 200 valence electrons. The van der Waals surface area contributed by atoms with Gasteiger partial charge in [0, 0.05) is 35.0 Å². The summed E-state index contributed by atoms with van der Waals surface area (Å²) in [6.07, 6.45) is 0. The molecule has 0 atom stereocenters. The summed E-state index contributed by atoms with van der Waals surface area (Å²) in [4.78, 5) is 38.9. The lowest BCUT2D eigenvalue weighted by atomic mass is 9.96. The van der Waals surface area contributed by atoms with Gasteiger partial charge in [-0.05, 0) is 66.4 Å². The first-order valence-electron chi connectivity index (χ1n) is 11.6. The Morgan fingerprint density at radius 2 is 1.72 bits per heavy atom. The molecule has 39 heavy (non-hydrogen) atoms. The van der Waals surface area contributed by atoms with Crippen molar-refractivity contribution in [2.75, 3.05) is 23.8 Å². The van der Waals surface area contributed by atoms with Crippen molar-refractivity contribution in [3.63, 3.8) is 0 Å². The number of anilines is 3. The molecule has 3 aromatic carbocycles. The van der Waals surface area contributed by atoms with E-state index in [1.54, 1.807) is 30.5 Å². The fourth-order valence-electron chi connectivity index (χ4n) is 3.70. The van der Waals surface area contributed by atoms with E-state index in [2.05, 4.69) is 16.0 Å². The zero-order valence-corrected chi connectivity index (χ0v) is 22.1. The Labute approximate surface area is 231 Å². The number of ketones is 1. The van der Waals surface area contributed by atoms with Gasteiger partial charge in [0.15, 0.2) is 5.78 Å². The van der Waals surface area contributed by atoms with Gasteiger partial charge in [-0.2, -0.15) is 0 Å². The fraction of sp³-hybridized carbons (Fsp3) is 0.107. The largest absolute Gasteiger partial charge is 0.395 e. The van der Waals surface area contributed by atoms with Crippen molar-refractivity contribution >= 4 is 57.6 Å². The number of hydrogen-bond acceptors (Lipinski definition) is 6. The zero-order valence-electron chi connectivity index (χ0n) is 20.5. The quantitative estimate of drug-likeness (QED) is 0.187. The second-order valence-electron chi connectivity index (χ2n) is 8.40. The summed E-state index contributed by atoms with van der Waals surface area (Å²) in [5.41, 5.74) is 1.96. The Morgan fingerprint density at radius 1 is 0.923 bits per heavy atom. The van der Waals surface area contributed by atoms with Gasteiger partial charge in [-0.3, -0.25) is 14.4 Å². The number of amides is 2. The molecule has 4 rings (SSSR count). The maximum atomic E-state index is 14.0. The number of aliphatic hydroxyl groups excluding tert-OH is 1. The summed E-state index contributed by atoms with van der Waals surface area (Å²) in [6, 6.07) is 13.8. The minimum Gasteiger partial charge on any atom is -0.395 e. The molecule has 0 fully saturated rings. The molecule has 4 N–H and O–H groups in total. The molecule has 1 heterocycles. The average Bonchev–Trinajstić information content (AvgIpc) is 3.37. The molecule has 0 bridgehead atoms. The molecule has 0 aliphatic rings. The van der Waals surface area contributed by atoms with E-state index in [9.17, 15) is 23.2 Å². The molecule has 1 aromatic heterocycles. The first-order valence-corrected chi connectivity index (χ1v) is 12.9. The van der Waals surface area contributed by atoms with Crippen LogP contribution in [-0.4, -0.2) is 35.9 Å². The van der Waals surface area contributed by atoms with Gasteiger partial charge in [-0.1, -0.05) is 17.7 Å². The van der Waals surface area contributed by atoms with Gasteiger partial charge in [0.1, 0.15) is 16.5 Å². The highest BCUT2D eigenvalue weighted by Gasteiger charge is 2.20. The van der Waals surface area contributed by atoms with E-state index in [0.717, 1.165) is 23.5 Å². The number of aliphatic hydroxyl groups is 1. The predicted molar refractivity (Wildman–Crippen MR) is 147 cm³/mol. The second-order valence-corrected chi connectivity index (χ2v) is 9.72. The zero-order chi connectivity index (χ0) is 28.1. The predicted octanol–water partition coefficient (Wildman–Crippen LogP) is 5.94. The van der Waals surface area contributed by atoms with Gasteiger partial charge >= 0.3 is 0 Å². The van der Waals surface area contributed by atoms with Crippen molar-refractivity contribution in [1.82, 2.24) is 5.32 Å². The maximum Gasteiger partial charge on any atom is 0.263 e. The lowest BCUT2D eigenvalue weighted by Gasteiger charge is -2.12. The number of aryl methyl sites for hydroxylation is 1. The van der Waals surface area contributed by atoms with Crippen LogP contribution >= 0.6 is 22.9 Å². The molecule has 2 amide bonds. The summed E-state index contributed by atoms with van der Waals surface area (Å²) >= 11 is 7.53. The number of halogens is 3. The van der Waals surface area contributed by atoms with Crippen LogP contribution in [0.3, 0.4) is 0 Å². The van der Waals surface area contributed by atoms with Crippen molar-refractivity contribution in [3.8, 4) is 0 Å². The number of nitrogens with one attached hydrogen (secondary N) is 3. The molecule has 0 saturated heterocycles. The van der Waals surface area contributed by atoms with Crippen molar-refractivity contribution in [1.29, 1.82) is 0 Å². The summed E-state index contributed by atoms with van der Waals surface area (Å²) in [7, 11) is 0. The van der Waals surface area contributed by atoms with Gasteiger partial charge in [-0.15, -0.1) is 11.3 Å². The minimum atomic E-state index is -0.780. The van der Waals surface area contributed by atoms with Gasteiger partial charge in [0.25, 0.3) is 11.8 Å². The number of carbonyl (C=O) groups excluding carboxylic acids is 3. The number of hydrogen-bond donors (Lipinski definition) is 4. The van der Waals surface area contributed by atoms with E-state index in [0.29, 0.717) is 16.9 Å². The summed E-state index contributed by atoms with van der Waals surface area (Å²) in [5.74, 6) is -2.86. The molecular formula is C28H22ClF2N3O4S. The SMILES string of the molecule is Cc1ccc(C(=O)Nc2ccsc2C(=O)NCCO)cc1C(=O)c1ccc(Nc2ccc(F)cc2F)cc1Cl. The van der Waals surface area contributed by atoms with Gasteiger partial charge in [0.05, 0.1) is 23.0 Å². The highest BCUT2D eigenvalue weighted by molar-refractivity contribution is 7.12. The summed E-state index contributed by atoms with van der Waals surface area (Å²) in [5, 5.41) is 18.7. The third kappa shape index (κ3) is 6.48. The molecule has 0 unspecified atom stereocenters. The van der Waals surface area contributed by atoms with Crippen LogP contribution in [0.5, 0.6) is 0 Å². The van der Waals surface area contributed by atoms with Crippen LogP contribution in [-0.2, 0) is 0 Å². The fourth-order valence-corrected chi connectivity index (χ4v) is 4.74. The Morgan fingerprint density at radius 3 is 2.44 bits per heavy atom. The molecule has 0 saturated carbocycles. The van der Waals surface area contributed by atoms with Gasteiger partial charge < -0.3 is 21.1 Å². The number of rotatable bonds is 9. The maximum absolute atomic E-state index is 14.0. The van der Waals surface area contributed by atoms with E-state index < -0.39 is 29.2 Å². The lowest BCUT2D eigenvalue weighted by molar-refractivity contribution is 0.0949. The Bertz CT molecular complexity index is 1570. The average molecular weight is 570 g/mol. The number of thiophene rings is 1. The van der Waals surface area contributed by atoms with Crippen LogP contribution in [0.1, 0.15) is 41.5 Å². The van der Waals surface area contributed by atoms with E-state index in [1.807, 2.05) is 0 Å². The Kier molecular flexibility index (Phi) is 8.70. The molecule has 11 heteroatoms. The van der Waals surface area contributed by atoms with Crippen LogP contribution < -0.4 is 16.0 Å². The van der Waals surface area contributed by atoms with E-state index in [1.165, 1.54) is 30.3 Å². The molecule has 7 nitrogen and oxygen atoms in total. The lowest BCUT2D eigenvalue weighted by Crippen LogP contribution is -2.26. The molecule has 0 aliphatic heterocycles. The van der Waals surface area contributed by atoms with Crippen molar-refractivity contribution in [3.05, 3.63) is 110 Å². The summed E-state index contributed by atoms with van der Waals surface area (Å²) in [6.45, 7) is 1.59. The molecule has 0 aliphatic carbocycles. The summed E-state index contributed by atoms with van der Waals surface area (Å²) < 4.78 is 27.2. The third-order valence-electron chi connectivity index (χ3n) is 5.69. The number of carbonyl (C=O) groups is 3. The topological polar surface area (TPSA) is 108 Å². The van der Waals surface area contributed by atoms with Crippen molar-refractivity contribution in [2.24, 2.45) is 0 Å². The monoisotopic (exact) mass is 569 g/mol. The highest BCUT2D eigenvalue weighted by atomic mass is 35.5. The Hall–Kier alpha value is -4.12. The van der Waals surface area contributed by atoms with Crippen LogP contribution in [0.2, 0.25) is 5.02 Å². The van der Waals surface area contributed by atoms with Crippen molar-refractivity contribution < 1.29 is 28.3 Å². The molecule has 4 aromatic rings. The highest BCUT2D eigenvalue weighted by Crippen LogP contribution is 2.28. The van der Waals surface area contributed by atoms with Crippen LogP contribution in [0.25, 0.3) is 0 Å². The smallest absolute Gasteiger partial charge is 0.263 e. The third-order valence-corrected chi connectivity index (χ3v) is 6.91. The first kappa shape index (κ1) is 27.9. The van der Waals surface area contributed by atoms with Crippen LogP contribution in [0.4, 0.5) is 25.8 Å². The van der Waals surface area contributed by atoms with Gasteiger partial charge in [-0.25, -0.2) is 8.78 Å². The van der Waals surface area contributed by atoms with Crippen LogP contribution in [0.15, 0.2) is 66.0 Å². The minimum absolute atomic E-state index is 0.0424. The van der Waals surface area contributed by atoms with E-state index in [-0.39, 0.29) is 45.4 Å². The van der Waals surface area contributed by atoms with Crippen LogP contribution in [0, 0.1) is 18.6 Å². The van der Waals surface area contributed by atoms with E-state index in [4.69, 9.17) is 16.7 Å². The second kappa shape index (κ2) is 12.2. The standard InChI is InChI=1S/C28H22ClF2N3O4S/c1-15-2-3-16(27(37)34-24-8-11-39-26(24)28(38)32-9-10-35)12-20(15)25(36)19-6-5-18(14-21(19)29)33-23-7-4-17(30)13-22(23)31/h2-8,11-14,33,35H,9-10H2,1H3,(H,32,38)(H,34,37). The molecule has 0 radical (unpaired) electrons. The normalized spacial score (nSPS) is 10.7. The van der Waals surface area contributed by atoms with Crippen molar-refractivity contribution in [2.45, 2.75) is 6.92 Å². The molecule has 0 spiro atoms. The molecular weight excluding hydrogens is 548 g/mol. The number of benzene rings is 3.